The summed E-state index contributed by atoms with van der Waals surface area (Å²) in [5.74, 6) is 0.817. The molecule has 1 amide bonds. The molecule has 1 aliphatic rings. The predicted molar refractivity (Wildman–Crippen MR) is 68.2 cm³/mol. The Morgan fingerprint density at radius 3 is 2.56 bits per heavy atom. The van der Waals surface area contributed by atoms with E-state index >= 15 is 0 Å². The molecule has 0 aliphatic heterocycles. The Morgan fingerprint density at radius 1 is 1.25 bits per heavy atom. The molecule has 0 aromatic heterocycles. The molecule has 0 radical (unpaired) electrons. The number of amides is 1. The van der Waals surface area contributed by atoms with Gasteiger partial charge in [-0.3, -0.25) is 4.79 Å². The minimum absolute atomic E-state index is 0.127. The molecule has 0 atom stereocenters. The molecule has 2 nitrogen and oxygen atoms in total. The van der Waals surface area contributed by atoms with E-state index in [1.807, 2.05) is 6.92 Å². The lowest BCUT2D eigenvalue weighted by Gasteiger charge is -2.05. The van der Waals surface area contributed by atoms with E-state index in [9.17, 15) is 4.79 Å². The fraction of sp³-hybridized carbons (Fsp3) is 0.786. The maximum atomic E-state index is 11.6. The predicted octanol–water partition coefficient (Wildman–Crippen LogP) is 3.43. The lowest BCUT2D eigenvalue weighted by atomic mass is 10.1. The molecule has 0 spiro atoms. The van der Waals surface area contributed by atoms with Gasteiger partial charge in [0.15, 0.2) is 0 Å². The monoisotopic (exact) mass is 223 g/mol. The van der Waals surface area contributed by atoms with Crippen LogP contribution in [0.15, 0.2) is 11.6 Å². The van der Waals surface area contributed by atoms with E-state index in [-0.39, 0.29) is 5.91 Å². The Morgan fingerprint density at radius 2 is 1.94 bits per heavy atom. The van der Waals surface area contributed by atoms with Crippen LogP contribution in [0.2, 0.25) is 0 Å². The highest BCUT2D eigenvalue weighted by molar-refractivity contribution is 5.92. The molecule has 0 unspecified atom stereocenters. The average Bonchev–Trinajstić information content (AvgIpc) is 3.06. The van der Waals surface area contributed by atoms with Crippen LogP contribution in [0.3, 0.4) is 0 Å². The fourth-order valence-electron chi connectivity index (χ4n) is 1.76. The molecule has 92 valence electrons. The lowest BCUT2D eigenvalue weighted by Crippen LogP contribution is -2.25. The smallest absolute Gasteiger partial charge is 0.246 e. The number of carbonyl (C=O) groups is 1. The molecular formula is C14H25NO. The second-order valence-corrected chi connectivity index (χ2v) is 4.86. The van der Waals surface area contributed by atoms with Gasteiger partial charge in [0.05, 0.1) is 0 Å². The molecule has 1 fully saturated rings. The first-order valence-electron chi connectivity index (χ1n) is 6.70. The summed E-state index contributed by atoms with van der Waals surface area (Å²) in [5.41, 5.74) is 0.899. The van der Waals surface area contributed by atoms with Crippen LogP contribution >= 0.6 is 0 Å². The summed E-state index contributed by atoms with van der Waals surface area (Å²) in [6.45, 7) is 4.97. The maximum Gasteiger partial charge on any atom is 0.246 e. The zero-order valence-electron chi connectivity index (χ0n) is 10.7. The van der Waals surface area contributed by atoms with Crippen molar-refractivity contribution in [1.29, 1.82) is 0 Å². The Hall–Kier alpha value is -0.790. The summed E-state index contributed by atoms with van der Waals surface area (Å²) < 4.78 is 0. The van der Waals surface area contributed by atoms with Crippen molar-refractivity contribution in [2.75, 3.05) is 6.54 Å². The molecule has 16 heavy (non-hydrogen) atoms. The normalized spacial score (nSPS) is 16.2. The van der Waals surface area contributed by atoms with Gasteiger partial charge in [-0.1, -0.05) is 38.7 Å². The van der Waals surface area contributed by atoms with Crippen LogP contribution in [-0.4, -0.2) is 12.5 Å². The lowest BCUT2D eigenvalue weighted by molar-refractivity contribution is -0.117. The number of rotatable bonds is 8. The summed E-state index contributed by atoms with van der Waals surface area (Å²) in [5, 5.41) is 2.99. The standard InChI is InChI=1S/C14H25NO/c1-3-4-5-6-7-10-15-14(16)12(2)11-13-8-9-13/h11,13H,3-10H2,1-2H3,(H,15,16). The minimum Gasteiger partial charge on any atom is -0.352 e. The maximum absolute atomic E-state index is 11.6. The van der Waals surface area contributed by atoms with Crippen LogP contribution in [0.4, 0.5) is 0 Å². The third-order valence-electron chi connectivity index (χ3n) is 3.03. The molecule has 1 N–H and O–H groups in total. The molecule has 0 heterocycles. The summed E-state index contributed by atoms with van der Waals surface area (Å²) in [7, 11) is 0. The van der Waals surface area contributed by atoms with Crippen molar-refractivity contribution in [3.05, 3.63) is 11.6 Å². The van der Waals surface area contributed by atoms with Gasteiger partial charge in [0.1, 0.15) is 0 Å². The van der Waals surface area contributed by atoms with Crippen molar-refractivity contribution in [3.8, 4) is 0 Å². The first-order chi connectivity index (χ1) is 7.74. The molecule has 0 saturated heterocycles. The quantitative estimate of drug-likeness (QED) is 0.496. The van der Waals surface area contributed by atoms with E-state index in [1.165, 1.54) is 38.5 Å². The highest BCUT2D eigenvalue weighted by Crippen LogP contribution is 2.31. The van der Waals surface area contributed by atoms with E-state index in [1.54, 1.807) is 0 Å². The number of nitrogens with one attached hydrogen (secondary N) is 1. The number of hydrogen-bond acceptors (Lipinski definition) is 1. The third-order valence-corrected chi connectivity index (χ3v) is 3.03. The molecule has 0 aromatic rings. The van der Waals surface area contributed by atoms with Crippen LogP contribution in [-0.2, 0) is 4.79 Å². The van der Waals surface area contributed by atoms with Crippen LogP contribution in [0.5, 0.6) is 0 Å². The van der Waals surface area contributed by atoms with Gasteiger partial charge in [0.25, 0.3) is 0 Å². The van der Waals surface area contributed by atoms with Gasteiger partial charge in [-0.25, -0.2) is 0 Å². The van der Waals surface area contributed by atoms with Crippen LogP contribution in [0, 0.1) is 5.92 Å². The summed E-state index contributed by atoms with van der Waals surface area (Å²) in [4.78, 5) is 11.6. The van der Waals surface area contributed by atoms with Gasteiger partial charge < -0.3 is 5.32 Å². The summed E-state index contributed by atoms with van der Waals surface area (Å²) in [6.07, 6.45) is 10.9. The molecule has 1 rings (SSSR count). The highest BCUT2D eigenvalue weighted by Gasteiger charge is 2.19. The van der Waals surface area contributed by atoms with Gasteiger partial charge in [0, 0.05) is 12.1 Å². The van der Waals surface area contributed by atoms with E-state index in [4.69, 9.17) is 0 Å². The molecule has 1 saturated carbocycles. The number of unbranched alkanes of at least 4 members (excludes halogenated alkanes) is 4. The van der Waals surface area contributed by atoms with Crippen LogP contribution in [0.25, 0.3) is 0 Å². The van der Waals surface area contributed by atoms with Crippen molar-refractivity contribution in [2.24, 2.45) is 5.92 Å². The van der Waals surface area contributed by atoms with Gasteiger partial charge in [-0.15, -0.1) is 0 Å². The second-order valence-electron chi connectivity index (χ2n) is 4.86. The van der Waals surface area contributed by atoms with E-state index in [2.05, 4.69) is 18.3 Å². The summed E-state index contributed by atoms with van der Waals surface area (Å²) >= 11 is 0. The topological polar surface area (TPSA) is 29.1 Å². The number of allylic oxidation sites excluding steroid dienone is 1. The zero-order chi connectivity index (χ0) is 11.8. The van der Waals surface area contributed by atoms with Crippen LogP contribution < -0.4 is 5.32 Å². The summed E-state index contributed by atoms with van der Waals surface area (Å²) in [6, 6.07) is 0. The molecule has 0 bridgehead atoms. The molecule has 1 aliphatic carbocycles. The molecular weight excluding hydrogens is 198 g/mol. The minimum atomic E-state index is 0.127. The van der Waals surface area contributed by atoms with Crippen LogP contribution in [0.1, 0.15) is 58.8 Å². The van der Waals surface area contributed by atoms with Gasteiger partial charge in [0.2, 0.25) is 5.91 Å². The van der Waals surface area contributed by atoms with Crippen molar-refractivity contribution in [2.45, 2.75) is 58.8 Å². The molecule has 0 aromatic carbocycles. The zero-order valence-corrected chi connectivity index (χ0v) is 10.7. The van der Waals surface area contributed by atoms with E-state index in [0.29, 0.717) is 5.92 Å². The Balaban J connectivity index is 2.01. The Bertz CT molecular complexity index is 241. The highest BCUT2D eigenvalue weighted by atomic mass is 16.1. The first kappa shape index (κ1) is 13.3. The van der Waals surface area contributed by atoms with Crippen molar-refractivity contribution < 1.29 is 4.79 Å². The largest absolute Gasteiger partial charge is 0.352 e. The molecule has 2 heteroatoms. The Labute approximate surface area is 99.5 Å². The van der Waals surface area contributed by atoms with Crippen molar-refractivity contribution >= 4 is 5.91 Å². The van der Waals surface area contributed by atoms with E-state index < -0.39 is 0 Å². The van der Waals surface area contributed by atoms with Gasteiger partial charge in [-0.05, 0) is 32.1 Å². The number of carbonyl (C=O) groups excluding carboxylic acids is 1. The SMILES string of the molecule is CCCCCCCNC(=O)C(C)=CC1CC1. The first-order valence-corrected chi connectivity index (χ1v) is 6.70. The average molecular weight is 223 g/mol. The number of hydrogen-bond donors (Lipinski definition) is 1. The van der Waals surface area contributed by atoms with Gasteiger partial charge in [-0.2, -0.15) is 0 Å². The van der Waals surface area contributed by atoms with Crippen molar-refractivity contribution in [3.63, 3.8) is 0 Å². The third kappa shape index (κ3) is 5.94. The van der Waals surface area contributed by atoms with Crippen molar-refractivity contribution in [1.82, 2.24) is 5.32 Å². The second kappa shape index (κ2) is 7.48. The van der Waals surface area contributed by atoms with E-state index in [0.717, 1.165) is 18.5 Å². The van der Waals surface area contributed by atoms with Gasteiger partial charge >= 0.3 is 0 Å². The Kier molecular flexibility index (Phi) is 6.20. The fourth-order valence-corrected chi connectivity index (χ4v) is 1.76.